The van der Waals surface area contributed by atoms with Gasteiger partial charge in [0.05, 0.1) is 13.1 Å². The van der Waals surface area contributed by atoms with E-state index >= 15 is 0 Å². The van der Waals surface area contributed by atoms with Crippen molar-refractivity contribution in [3.63, 3.8) is 0 Å². The Balaban J connectivity index is 2.76. The summed E-state index contributed by atoms with van der Waals surface area (Å²) in [5, 5.41) is 19.0. The molecular formula is C14H18I2O3. The number of carbonyl (C=O) groups is 1. The lowest BCUT2D eigenvalue weighted by atomic mass is 9.94. The second-order valence-electron chi connectivity index (χ2n) is 4.64. The molecule has 0 aromatic heterocycles. The summed E-state index contributed by atoms with van der Waals surface area (Å²) in [6, 6.07) is 3.74. The van der Waals surface area contributed by atoms with Crippen molar-refractivity contribution < 1.29 is 15.0 Å². The van der Waals surface area contributed by atoms with Crippen molar-refractivity contribution in [2.75, 3.05) is 0 Å². The minimum Gasteiger partial charge on any atom is -0.506 e. The number of benzene rings is 1. The molecule has 0 saturated carbocycles. The Morgan fingerprint density at radius 3 is 2.32 bits per heavy atom. The van der Waals surface area contributed by atoms with Crippen LogP contribution in [0.5, 0.6) is 5.75 Å². The number of phenols is 1. The maximum absolute atomic E-state index is 11.3. The van der Waals surface area contributed by atoms with Gasteiger partial charge in [-0.3, -0.25) is 4.79 Å². The molecule has 0 heterocycles. The predicted octanol–water partition coefficient (Wildman–Crippen LogP) is 4.43. The van der Waals surface area contributed by atoms with E-state index in [9.17, 15) is 15.0 Å². The number of aromatic hydroxyl groups is 1. The van der Waals surface area contributed by atoms with Crippen LogP contribution in [0.25, 0.3) is 0 Å². The first-order chi connectivity index (χ1) is 8.95. The first-order valence-electron chi connectivity index (χ1n) is 6.35. The molecule has 1 atom stereocenters. The third-order valence-electron chi connectivity index (χ3n) is 3.06. The van der Waals surface area contributed by atoms with Crippen LogP contribution >= 0.6 is 45.2 Å². The molecule has 0 aliphatic rings. The average molecular weight is 488 g/mol. The molecule has 1 aromatic carbocycles. The normalized spacial score (nSPS) is 12.4. The van der Waals surface area contributed by atoms with Crippen LogP contribution in [0.3, 0.4) is 0 Å². The smallest absolute Gasteiger partial charge is 0.306 e. The second kappa shape index (κ2) is 8.28. The fourth-order valence-electron chi connectivity index (χ4n) is 1.97. The standard InChI is InChI=1S/C14H18I2O3/c1-2-3-4-5-10(14(18)19)6-9-7-11(15)13(17)12(16)8-9/h7-8,10,17H,2-6H2,1H3,(H,18,19). The van der Waals surface area contributed by atoms with E-state index in [1.807, 2.05) is 12.1 Å². The number of unbranched alkanes of at least 4 members (excludes halogenated alkanes) is 2. The van der Waals surface area contributed by atoms with Crippen LogP contribution in [-0.2, 0) is 11.2 Å². The number of aliphatic carboxylic acids is 1. The van der Waals surface area contributed by atoms with Gasteiger partial charge in [0.1, 0.15) is 5.75 Å². The quantitative estimate of drug-likeness (QED) is 0.442. The second-order valence-corrected chi connectivity index (χ2v) is 6.97. The van der Waals surface area contributed by atoms with E-state index in [1.54, 1.807) is 0 Å². The monoisotopic (exact) mass is 488 g/mol. The summed E-state index contributed by atoms with van der Waals surface area (Å²) in [6.07, 6.45) is 4.39. The van der Waals surface area contributed by atoms with Gasteiger partial charge in [0.15, 0.2) is 0 Å². The topological polar surface area (TPSA) is 57.5 Å². The van der Waals surface area contributed by atoms with E-state index in [0.29, 0.717) is 6.42 Å². The molecule has 19 heavy (non-hydrogen) atoms. The molecule has 0 amide bonds. The minimum atomic E-state index is -0.728. The summed E-state index contributed by atoms with van der Waals surface area (Å²) >= 11 is 4.14. The summed E-state index contributed by atoms with van der Waals surface area (Å²) in [5.41, 5.74) is 0.982. The molecule has 2 N–H and O–H groups in total. The highest BCUT2D eigenvalue weighted by atomic mass is 127. The average Bonchev–Trinajstić information content (AvgIpc) is 2.34. The number of hydrogen-bond acceptors (Lipinski definition) is 2. The van der Waals surface area contributed by atoms with E-state index in [2.05, 4.69) is 52.1 Å². The molecule has 0 fully saturated rings. The van der Waals surface area contributed by atoms with Gasteiger partial charge in [0.25, 0.3) is 0 Å². The Kier molecular flexibility index (Phi) is 7.41. The molecule has 0 radical (unpaired) electrons. The van der Waals surface area contributed by atoms with Crippen LogP contribution in [-0.4, -0.2) is 16.2 Å². The zero-order valence-electron chi connectivity index (χ0n) is 10.8. The fraction of sp³-hybridized carbons (Fsp3) is 0.500. The van der Waals surface area contributed by atoms with Gasteiger partial charge in [-0.25, -0.2) is 0 Å². The maximum Gasteiger partial charge on any atom is 0.306 e. The van der Waals surface area contributed by atoms with Crippen LogP contribution in [0.4, 0.5) is 0 Å². The van der Waals surface area contributed by atoms with E-state index in [0.717, 1.165) is 38.4 Å². The fourth-order valence-corrected chi connectivity index (χ4v) is 3.87. The van der Waals surface area contributed by atoms with E-state index in [-0.39, 0.29) is 11.7 Å². The number of rotatable bonds is 7. The van der Waals surface area contributed by atoms with Crippen molar-refractivity contribution in [3.05, 3.63) is 24.8 Å². The van der Waals surface area contributed by atoms with E-state index in [1.165, 1.54) is 0 Å². The molecule has 3 nitrogen and oxygen atoms in total. The van der Waals surface area contributed by atoms with Crippen LogP contribution in [0.2, 0.25) is 0 Å². The Morgan fingerprint density at radius 1 is 1.26 bits per heavy atom. The van der Waals surface area contributed by atoms with Gasteiger partial charge in [-0.05, 0) is 75.7 Å². The third kappa shape index (κ3) is 5.45. The Morgan fingerprint density at radius 2 is 1.84 bits per heavy atom. The number of carboxylic acids is 1. The van der Waals surface area contributed by atoms with Gasteiger partial charge in [0, 0.05) is 0 Å². The lowest BCUT2D eigenvalue weighted by Gasteiger charge is -2.13. The Labute approximate surface area is 141 Å². The largest absolute Gasteiger partial charge is 0.506 e. The van der Waals surface area contributed by atoms with Crippen molar-refractivity contribution >= 4 is 51.2 Å². The molecule has 0 aliphatic carbocycles. The number of carboxylic acid groups (broad SMARTS) is 1. The van der Waals surface area contributed by atoms with Gasteiger partial charge < -0.3 is 10.2 Å². The molecule has 0 saturated heterocycles. The van der Waals surface area contributed by atoms with Gasteiger partial charge >= 0.3 is 5.97 Å². The van der Waals surface area contributed by atoms with Crippen LogP contribution < -0.4 is 0 Å². The molecule has 0 aliphatic heterocycles. The Hall–Kier alpha value is -0.0500. The van der Waals surface area contributed by atoms with Gasteiger partial charge in [-0.1, -0.05) is 26.2 Å². The van der Waals surface area contributed by atoms with Gasteiger partial charge in [-0.15, -0.1) is 0 Å². The Bertz CT molecular complexity index is 423. The van der Waals surface area contributed by atoms with E-state index in [4.69, 9.17) is 0 Å². The predicted molar refractivity (Wildman–Crippen MR) is 92.5 cm³/mol. The van der Waals surface area contributed by atoms with Gasteiger partial charge in [0.2, 0.25) is 0 Å². The molecule has 1 unspecified atom stereocenters. The molecular weight excluding hydrogens is 470 g/mol. The van der Waals surface area contributed by atoms with Crippen molar-refractivity contribution in [3.8, 4) is 5.75 Å². The summed E-state index contributed by atoms with van der Waals surface area (Å²) in [5.74, 6) is -0.778. The first-order valence-corrected chi connectivity index (χ1v) is 8.51. The number of hydrogen-bond donors (Lipinski definition) is 2. The highest BCUT2D eigenvalue weighted by Gasteiger charge is 2.18. The third-order valence-corrected chi connectivity index (χ3v) is 4.71. The van der Waals surface area contributed by atoms with E-state index < -0.39 is 5.97 Å². The first kappa shape index (κ1) is 17.0. The SMILES string of the molecule is CCCCCC(Cc1cc(I)c(O)c(I)c1)C(=O)O. The van der Waals surface area contributed by atoms with Gasteiger partial charge in [-0.2, -0.15) is 0 Å². The summed E-state index contributed by atoms with van der Waals surface area (Å²) in [4.78, 5) is 11.3. The molecule has 0 spiro atoms. The molecule has 106 valence electrons. The van der Waals surface area contributed by atoms with Crippen molar-refractivity contribution in [2.24, 2.45) is 5.92 Å². The summed E-state index contributed by atoms with van der Waals surface area (Å²) in [6.45, 7) is 2.11. The highest BCUT2D eigenvalue weighted by molar-refractivity contribution is 14.1. The molecule has 0 bridgehead atoms. The number of phenolic OH excluding ortho intramolecular Hbond substituents is 1. The molecule has 5 heteroatoms. The lowest BCUT2D eigenvalue weighted by molar-refractivity contribution is -0.142. The van der Waals surface area contributed by atoms with Crippen molar-refractivity contribution in [1.29, 1.82) is 0 Å². The lowest BCUT2D eigenvalue weighted by Crippen LogP contribution is -2.16. The van der Waals surface area contributed by atoms with Crippen LogP contribution in [0, 0.1) is 13.1 Å². The summed E-state index contributed by atoms with van der Waals surface area (Å²) < 4.78 is 1.55. The zero-order valence-corrected chi connectivity index (χ0v) is 15.1. The highest BCUT2D eigenvalue weighted by Crippen LogP contribution is 2.29. The van der Waals surface area contributed by atoms with Crippen molar-refractivity contribution in [1.82, 2.24) is 0 Å². The minimum absolute atomic E-state index is 0.280. The van der Waals surface area contributed by atoms with Crippen molar-refractivity contribution in [2.45, 2.75) is 39.0 Å². The number of halogens is 2. The molecule has 1 aromatic rings. The zero-order chi connectivity index (χ0) is 14.4. The van der Waals surface area contributed by atoms with Crippen LogP contribution in [0.1, 0.15) is 38.2 Å². The maximum atomic E-state index is 11.3. The molecule has 1 rings (SSSR count). The van der Waals surface area contributed by atoms with Crippen LogP contribution in [0.15, 0.2) is 12.1 Å². The summed E-state index contributed by atoms with van der Waals surface area (Å²) in [7, 11) is 0.